The van der Waals surface area contributed by atoms with Crippen LogP contribution in [0.3, 0.4) is 0 Å². The number of methoxy groups -OCH3 is 1. The lowest BCUT2D eigenvalue weighted by Crippen LogP contribution is -2.29. The fourth-order valence-electron chi connectivity index (χ4n) is 4.50. The number of aromatic nitrogens is 2. The van der Waals surface area contributed by atoms with Crippen molar-refractivity contribution in [3.63, 3.8) is 0 Å². The zero-order valence-corrected chi connectivity index (χ0v) is 25.3. The van der Waals surface area contributed by atoms with Crippen molar-refractivity contribution in [2.24, 2.45) is 0 Å². The third-order valence-corrected chi connectivity index (χ3v) is 9.16. The molecule has 1 atom stereocenters. The Balaban J connectivity index is 1.54. The summed E-state index contributed by atoms with van der Waals surface area (Å²) in [5.74, 6) is -0.571. The molecule has 0 spiro atoms. The van der Waals surface area contributed by atoms with Crippen LogP contribution in [0.25, 0.3) is 5.76 Å². The largest absolute Gasteiger partial charge is 0.507 e. The zero-order valence-electron chi connectivity index (χ0n) is 22.9. The molecule has 5 rings (SSSR count). The molecule has 0 radical (unpaired) electrons. The molecule has 1 N–H and O–H groups in total. The second-order valence-electron chi connectivity index (χ2n) is 10.5. The van der Waals surface area contributed by atoms with E-state index in [1.54, 1.807) is 31.4 Å². The molecule has 1 saturated heterocycles. The average molecular weight is 606 g/mol. The van der Waals surface area contributed by atoms with Gasteiger partial charge in [-0.2, -0.15) is 0 Å². The number of hydrogen-bond donors (Lipinski definition) is 1. The number of Topliss-reactive ketones (excluding diaryl/α,β-unsaturated/α-hetero) is 1. The molecule has 2 heterocycles. The van der Waals surface area contributed by atoms with Gasteiger partial charge >= 0.3 is 5.91 Å². The predicted octanol–water partition coefficient (Wildman–Crippen LogP) is 7.42. The minimum atomic E-state index is -0.881. The Hall–Kier alpha value is -3.66. The highest BCUT2D eigenvalue weighted by atomic mass is 35.5. The maximum atomic E-state index is 13.5. The maximum absolute atomic E-state index is 13.5. The van der Waals surface area contributed by atoms with E-state index in [-0.39, 0.29) is 21.9 Å². The molecule has 1 fully saturated rings. The number of carbonyl (C=O) groups is 2. The van der Waals surface area contributed by atoms with Gasteiger partial charge in [0.25, 0.3) is 5.78 Å². The van der Waals surface area contributed by atoms with Crippen molar-refractivity contribution >= 4 is 57.3 Å². The highest BCUT2D eigenvalue weighted by molar-refractivity contribution is 8.00. The van der Waals surface area contributed by atoms with E-state index in [1.165, 1.54) is 28.0 Å². The Morgan fingerprint density at radius 1 is 1.00 bits per heavy atom. The number of aliphatic hydroxyl groups is 1. The summed E-state index contributed by atoms with van der Waals surface area (Å²) in [6, 6.07) is 21.1. The van der Waals surface area contributed by atoms with Crippen LogP contribution in [0.15, 0.2) is 82.7 Å². The van der Waals surface area contributed by atoms with Gasteiger partial charge in [-0.25, -0.2) is 0 Å². The van der Waals surface area contributed by atoms with Crippen LogP contribution < -0.4 is 9.64 Å². The van der Waals surface area contributed by atoms with Gasteiger partial charge in [-0.3, -0.25) is 14.5 Å². The molecule has 10 heteroatoms. The van der Waals surface area contributed by atoms with E-state index in [2.05, 4.69) is 31.0 Å². The van der Waals surface area contributed by atoms with Crippen LogP contribution in [0, 0.1) is 0 Å². The number of halogens is 1. The Labute approximate surface area is 251 Å². The summed E-state index contributed by atoms with van der Waals surface area (Å²) < 4.78 is 5.87. The maximum Gasteiger partial charge on any atom is 0.301 e. The van der Waals surface area contributed by atoms with Crippen LogP contribution >= 0.6 is 34.7 Å². The fourth-order valence-corrected chi connectivity index (χ4v) is 6.45. The van der Waals surface area contributed by atoms with Gasteiger partial charge in [0.2, 0.25) is 5.13 Å². The molecule has 0 bridgehead atoms. The van der Waals surface area contributed by atoms with Gasteiger partial charge in [-0.05, 0) is 58.5 Å². The third-order valence-electron chi connectivity index (χ3n) is 6.78. The number of hydrogen-bond acceptors (Lipinski definition) is 8. The number of rotatable bonds is 7. The van der Waals surface area contributed by atoms with Crippen molar-refractivity contribution in [1.82, 2.24) is 10.2 Å². The number of ether oxygens (including phenoxy) is 1. The van der Waals surface area contributed by atoms with Crippen LogP contribution in [0.1, 0.15) is 49.1 Å². The standard InChI is InChI=1S/C31H28ClN3O4S2/c1-31(2,3)21-11-7-19(8-12-21)25-24(26(36)20-9-15-23(39-4)16-10-20)27(37)28(38)35(25)29-33-34-30(41-29)40-17-18-5-13-22(32)14-6-18/h5-16,25,36H,17H2,1-4H3/b26-24-. The Morgan fingerprint density at radius 3 is 2.27 bits per heavy atom. The molecule has 7 nitrogen and oxygen atoms in total. The van der Waals surface area contributed by atoms with E-state index in [9.17, 15) is 14.7 Å². The summed E-state index contributed by atoms with van der Waals surface area (Å²) in [6.07, 6.45) is 0. The van der Waals surface area contributed by atoms with Crippen molar-refractivity contribution in [3.05, 3.63) is 106 Å². The first kappa shape index (κ1) is 28.9. The molecule has 210 valence electrons. The molecule has 1 unspecified atom stereocenters. The van der Waals surface area contributed by atoms with Crippen LogP contribution in [0.5, 0.6) is 5.75 Å². The average Bonchev–Trinajstić information content (AvgIpc) is 3.54. The monoisotopic (exact) mass is 605 g/mol. The molecule has 0 saturated carbocycles. The van der Waals surface area contributed by atoms with E-state index in [0.29, 0.717) is 32.0 Å². The van der Waals surface area contributed by atoms with Crippen LogP contribution in [-0.2, 0) is 20.8 Å². The Kier molecular flexibility index (Phi) is 8.22. The highest BCUT2D eigenvalue weighted by Gasteiger charge is 2.48. The van der Waals surface area contributed by atoms with Gasteiger partial charge in [0.15, 0.2) is 4.34 Å². The van der Waals surface area contributed by atoms with Crippen molar-refractivity contribution in [1.29, 1.82) is 0 Å². The summed E-state index contributed by atoms with van der Waals surface area (Å²) in [5.41, 5.74) is 3.16. The molecular formula is C31H28ClN3O4S2. The van der Waals surface area contributed by atoms with Gasteiger partial charge in [-0.15, -0.1) is 10.2 Å². The number of nitrogens with zero attached hydrogens (tertiary/aromatic N) is 3. The van der Waals surface area contributed by atoms with Gasteiger partial charge < -0.3 is 9.84 Å². The Bertz CT molecular complexity index is 1610. The number of anilines is 1. The number of amides is 1. The van der Waals surface area contributed by atoms with Crippen molar-refractivity contribution in [3.8, 4) is 5.75 Å². The predicted molar refractivity (Wildman–Crippen MR) is 164 cm³/mol. The van der Waals surface area contributed by atoms with E-state index in [1.807, 2.05) is 48.5 Å². The SMILES string of the molecule is COc1ccc(/C(O)=C2/C(=O)C(=O)N(c3nnc(SCc4ccc(Cl)cc4)s3)C2c2ccc(C(C)(C)C)cc2)cc1. The Morgan fingerprint density at radius 2 is 1.66 bits per heavy atom. The number of ketones is 1. The molecule has 1 aliphatic rings. The fraction of sp³-hybridized carbons (Fsp3) is 0.226. The van der Waals surface area contributed by atoms with Crippen molar-refractivity contribution < 1.29 is 19.4 Å². The topological polar surface area (TPSA) is 92.6 Å². The first-order valence-corrected chi connectivity index (χ1v) is 15.0. The summed E-state index contributed by atoms with van der Waals surface area (Å²) in [4.78, 5) is 28.3. The van der Waals surface area contributed by atoms with Gasteiger partial charge in [-0.1, -0.05) is 91.9 Å². The molecule has 41 heavy (non-hydrogen) atoms. The second kappa shape index (κ2) is 11.7. The van der Waals surface area contributed by atoms with E-state index < -0.39 is 17.7 Å². The number of thioether (sulfide) groups is 1. The molecule has 1 amide bonds. The zero-order chi connectivity index (χ0) is 29.3. The first-order valence-electron chi connectivity index (χ1n) is 12.8. The number of benzene rings is 3. The lowest BCUT2D eigenvalue weighted by molar-refractivity contribution is -0.132. The molecule has 4 aromatic rings. The molecular weight excluding hydrogens is 578 g/mol. The highest BCUT2D eigenvalue weighted by Crippen LogP contribution is 2.44. The van der Waals surface area contributed by atoms with E-state index in [0.717, 1.165) is 11.1 Å². The summed E-state index contributed by atoms with van der Waals surface area (Å²) in [7, 11) is 1.55. The molecule has 1 aliphatic heterocycles. The minimum absolute atomic E-state index is 0.00533. The van der Waals surface area contributed by atoms with E-state index in [4.69, 9.17) is 16.3 Å². The lowest BCUT2D eigenvalue weighted by Gasteiger charge is -2.24. The normalized spacial score (nSPS) is 16.8. The number of carbonyl (C=O) groups excluding carboxylic acids is 2. The summed E-state index contributed by atoms with van der Waals surface area (Å²) >= 11 is 8.69. The van der Waals surface area contributed by atoms with Crippen LogP contribution in [0.2, 0.25) is 5.02 Å². The van der Waals surface area contributed by atoms with E-state index >= 15 is 0 Å². The van der Waals surface area contributed by atoms with Crippen molar-refractivity contribution in [2.75, 3.05) is 12.0 Å². The lowest BCUT2D eigenvalue weighted by atomic mass is 9.85. The quantitative estimate of drug-likeness (QED) is 0.0770. The van der Waals surface area contributed by atoms with Crippen LogP contribution in [-0.4, -0.2) is 34.1 Å². The number of aliphatic hydroxyl groups excluding tert-OH is 1. The summed E-state index contributed by atoms with van der Waals surface area (Å²) in [6.45, 7) is 6.34. The van der Waals surface area contributed by atoms with Gasteiger partial charge in [0.05, 0.1) is 18.7 Å². The molecule has 1 aromatic heterocycles. The van der Waals surface area contributed by atoms with Gasteiger partial charge in [0, 0.05) is 16.3 Å². The molecule has 0 aliphatic carbocycles. The smallest absolute Gasteiger partial charge is 0.301 e. The van der Waals surface area contributed by atoms with Crippen LogP contribution in [0.4, 0.5) is 5.13 Å². The third kappa shape index (κ3) is 6.02. The van der Waals surface area contributed by atoms with Crippen molar-refractivity contribution in [2.45, 2.75) is 42.3 Å². The minimum Gasteiger partial charge on any atom is -0.507 e. The molecule has 3 aromatic carbocycles. The van der Waals surface area contributed by atoms with Gasteiger partial charge in [0.1, 0.15) is 11.5 Å². The first-order chi connectivity index (χ1) is 19.6. The second-order valence-corrected chi connectivity index (χ2v) is 13.2. The summed E-state index contributed by atoms with van der Waals surface area (Å²) in [5, 5.41) is 20.9.